The lowest BCUT2D eigenvalue weighted by molar-refractivity contribution is 0.0508. The van der Waals surface area contributed by atoms with Gasteiger partial charge in [-0.05, 0) is 45.4 Å². The third-order valence-electron chi connectivity index (χ3n) is 2.16. The molecule has 0 radical (unpaired) electrons. The summed E-state index contributed by atoms with van der Waals surface area (Å²) >= 11 is 9.46. The van der Waals surface area contributed by atoms with Crippen LogP contribution in [0.5, 0.6) is 0 Å². The smallest absolute Gasteiger partial charge is 0.408 e. The predicted octanol–water partition coefficient (Wildman–Crippen LogP) is 4.69. The lowest BCUT2D eigenvalue weighted by Crippen LogP contribution is -2.34. The molecule has 1 rings (SSSR count). The first-order chi connectivity index (χ1) is 8.19. The minimum atomic E-state index is -0.507. The number of carbonyl (C=O) groups is 1. The van der Waals surface area contributed by atoms with Crippen molar-refractivity contribution in [3.05, 3.63) is 33.3 Å². The van der Waals surface area contributed by atoms with Crippen LogP contribution in [0.4, 0.5) is 4.79 Å². The second kappa shape index (κ2) is 5.93. The highest BCUT2D eigenvalue weighted by Crippen LogP contribution is 2.26. The van der Waals surface area contributed by atoms with Crippen molar-refractivity contribution in [1.29, 1.82) is 0 Å². The molecule has 0 fully saturated rings. The molecule has 1 atom stereocenters. The Bertz CT molecular complexity index is 443. The molecule has 100 valence electrons. The van der Waals surface area contributed by atoms with Crippen molar-refractivity contribution in [3.63, 3.8) is 0 Å². The molecular weight excluding hydrogens is 318 g/mol. The van der Waals surface area contributed by atoms with Gasteiger partial charge in [0.1, 0.15) is 5.60 Å². The number of rotatable bonds is 2. The van der Waals surface area contributed by atoms with Crippen LogP contribution in [-0.2, 0) is 4.74 Å². The standard InChI is InChI=1S/C13H17BrClNO2/c1-8(16-12(17)18-13(2,3)4)10-6-5-9(14)7-11(10)15/h5-8H,1-4H3,(H,16,17). The summed E-state index contributed by atoms with van der Waals surface area (Å²) in [7, 11) is 0. The maximum absolute atomic E-state index is 11.6. The number of benzene rings is 1. The number of hydrogen-bond donors (Lipinski definition) is 1. The molecule has 0 aliphatic rings. The van der Waals surface area contributed by atoms with Gasteiger partial charge in [-0.1, -0.05) is 33.6 Å². The van der Waals surface area contributed by atoms with E-state index in [9.17, 15) is 4.79 Å². The fourth-order valence-electron chi connectivity index (χ4n) is 1.41. The zero-order chi connectivity index (χ0) is 13.9. The van der Waals surface area contributed by atoms with Crippen LogP contribution < -0.4 is 5.32 Å². The quantitative estimate of drug-likeness (QED) is 0.852. The summed E-state index contributed by atoms with van der Waals surface area (Å²) in [6, 6.07) is 5.34. The second-order valence-corrected chi connectivity index (χ2v) is 6.36. The molecule has 18 heavy (non-hydrogen) atoms. The Morgan fingerprint density at radius 1 is 1.44 bits per heavy atom. The summed E-state index contributed by atoms with van der Waals surface area (Å²) in [5.41, 5.74) is 0.346. The van der Waals surface area contributed by atoms with Gasteiger partial charge in [0.15, 0.2) is 0 Å². The monoisotopic (exact) mass is 333 g/mol. The highest BCUT2D eigenvalue weighted by molar-refractivity contribution is 9.10. The molecule has 1 unspecified atom stereocenters. The Balaban J connectivity index is 2.71. The summed E-state index contributed by atoms with van der Waals surface area (Å²) in [4.78, 5) is 11.6. The van der Waals surface area contributed by atoms with E-state index in [4.69, 9.17) is 16.3 Å². The third-order valence-corrected chi connectivity index (χ3v) is 2.98. The zero-order valence-corrected chi connectivity index (χ0v) is 13.2. The number of halogens is 2. The molecule has 0 spiro atoms. The van der Waals surface area contributed by atoms with Gasteiger partial charge in [0.25, 0.3) is 0 Å². The summed E-state index contributed by atoms with van der Waals surface area (Å²) in [5.74, 6) is 0. The van der Waals surface area contributed by atoms with E-state index >= 15 is 0 Å². The molecule has 0 saturated carbocycles. The van der Waals surface area contributed by atoms with Crippen LogP contribution in [0.3, 0.4) is 0 Å². The van der Waals surface area contributed by atoms with E-state index in [-0.39, 0.29) is 6.04 Å². The van der Waals surface area contributed by atoms with Crippen LogP contribution in [0.2, 0.25) is 5.02 Å². The molecule has 0 aliphatic heterocycles. The molecule has 0 heterocycles. The van der Waals surface area contributed by atoms with Crippen molar-refractivity contribution < 1.29 is 9.53 Å². The minimum absolute atomic E-state index is 0.208. The van der Waals surface area contributed by atoms with Crippen LogP contribution in [0, 0.1) is 0 Å². The number of hydrogen-bond acceptors (Lipinski definition) is 2. The van der Waals surface area contributed by atoms with E-state index in [1.165, 1.54) is 0 Å². The largest absolute Gasteiger partial charge is 0.444 e. The van der Waals surface area contributed by atoms with Crippen molar-refractivity contribution in [2.75, 3.05) is 0 Å². The van der Waals surface area contributed by atoms with E-state index in [1.54, 1.807) is 6.07 Å². The van der Waals surface area contributed by atoms with Crippen molar-refractivity contribution in [1.82, 2.24) is 5.32 Å². The van der Waals surface area contributed by atoms with Crippen LogP contribution in [0.1, 0.15) is 39.3 Å². The Hall–Kier alpha value is -0.740. The average molecular weight is 335 g/mol. The zero-order valence-electron chi connectivity index (χ0n) is 10.9. The van der Waals surface area contributed by atoms with Crippen LogP contribution in [0.15, 0.2) is 22.7 Å². The molecule has 1 amide bonds. The predicted molar refractivity (Wildman–Crippen MR) is 76.9 cm³/mol. The SMILES string of the molecule is CC(NC(=O)OC(C)(C)C)c1ccc(Br)cc1Cl. The molecule has 1 aromatic rings. The van der Waals surface area contributed by atoms with Gasteiger partial charge >= 0.3 is 6.09 Å². The van der Waals surface area contributed by atoms with Crippen molar-refractivity contribution in [3.8, 4) is 0 Å². The summed E-state index contributed by atoms with van der Waals surface area (Å²) in [5, 5.41) is 3.36. The van der Waals surface area contributed by atoms with Gasteiger partial charge in [-0.3, -0.25) is 0 Å². The molecule has 1 aromatic carbocycles. The summed E-state index contributed by atoms with van der Waals surface area (Å²) in [6.45, 7) is 7.33. The van der Waals surface area contributed by atoms with E-state index in [1.807, 2.05) is 39.8 Å². The van der Waals surface area contributed by atoms with Crippen LogP contribution in [-0.4, -0.2) is 11.7 Å². The molecule has 3 nitrogen and oxygen atoms in total. The first kappa shape index (κ1) is 15.3. The first-order valence-corrected chi connectivity index (χ1v) is 6.80. The highest BCUT2D eigenvalue weighted by Gasteiger charge is 2.19. The van der Waals surface area contributed by atoms with Gasteiger partial charge in [-0.25, -0.2) is 4.79 Å². The van der Waals surface area contributed by atoms with Crippen LogP contribution >= 0.6 is 27.5 Å². The topological polar surface area (TPSA) is 38.3 Å². The Morgan fingerprint density at radius 2 is 2.06 bits per heavy atom. The van der Waals surface area contributed by atoms with Crippen molar-refractivity contribution in [2.45, 2.75) is 39.3 Å². The van der Waals surface area contributed by atoms with Gasteiger partial charge < -0.3 is 10.1 Å². The van der Waals surface area contributed by atoms with E-state index < -0.39 is 11.7 Å². The number of carbonyl (C=O) groups excluding carboxylic acids is 1. The maximum atomic E-state index is 11.6. The fourth-order valence-corrected chi connectivity index (χ4v) is 2.25. The lowest BCUT2D eigenvalue weighted by Gasteiger charge is -2.22. The first-order valence-electron chi connectivity index (χ1n) is 5.63. The van der Waals surface area contributed by atoms with Gasteiger partial charge in [0.2, 0.25) is 0 Å². The van der Waals surface area contributed by atoms with Gasteiger partial charge in [-0.2, -0.15) is 0 Å². The second-order valence-electron chi connectivity index (χ2n) is 5.03. The number of amides is 1. The number of nitrogens with one attached hydrogen (secondary N) is 1. The van der Waals surface area contributed by atoms with E-state index in [0.29, 0.717) is 5.02 Å². The molecule has 0 aliphatic carbocycles. The Morgan fingerprint density at radius 3 is 2.56 bits per heavy atom. The summed E-state index contributed by atoms with van der Waals surface area (Å²) < 4.78 is 6.09. The number of ether oxygens (including phenoxy) is 1. The third kappa shape index (κ3) is 4.86. The van der Waals surface area contributed by atoms with Crippen molar-refractivity contribution >= 4 is 33.6 Å². The molecular formula is C13H17BrClNO2. The van der Waals surface area contributed by atoms with Gasteiger partial charge in [0, 0.05) is 9.50 Å². The van der Waals surface area contributed by atoms with Gasteiger partial charge in [-0.15, -0.1) is 0 Å². The highest BCUT2D eigenvalue weighted by atomic mass is 79.9. The van der Waals surface area contributed by atoms with E-state index in [0.717, 1.165) is 10.0 Å². The van der Waals surface area contributed by atoms with Crippen molar-refractivity contribution in [2.24, 2.45) is 0 Å². The molecule has 1 N–H and O–H groups in total. The fraction of sp³-hybridized carbons (Fsp3) is 0.462. The average Bonchev–Trinajstić information content (AvgIpc) is 2.13. The summed E-state index contributed by atoms with van der Waals surface area (Å²) in [6.07, 6.45) is -0.450. The van der Waals surface area contributed by atoms with E-state index in [2.05, 4.69) is 21.2 Å². The van der Waals surface area contributed by atoms with Crippen LogP contribution in [0.25, 0.3) is 0 Å². The van der Waals surface area contributed by atoms with Gasteiger partial charge in [0.05, 0.1) is 6.04 Å². The molecule has 0 aromatic heterocycles. The lowest BCUT2D eigenvalue weighted by atomic mass is 10.1. The molecule has 0 bridgehead atoms. The molecule has 0 saturated heterocycles. The Kier molecular flexibility index (Phi) is 5.05. The minimum Gasteiger partial charge on any atom is -0.444 e. The normalized spacial score (nSPS) is 13.0. The molecule has 5 heteroatoms. The maximum Gasteiger partial charge on any atom is 0.408 e. The number of alkyl carbamates (subject to hydrolysis) is 1. The Labute approximate surface area is 121 Å².